The van der Waals surface area contributed by atoms with Crippen molar-refractivity contribution >= 4 is 22.6 Å². The van der Waals surface area contributed by atoms with Crippen molar-refractivity contribution in [1.82, 2.24) is 10.2 Å². The van der Waals surface area contributed by atoms with Gasteiger partial charge in [0.15, 0.2) is 5.82 Å². The molecule has 0 aliphatic heterocycles. The first-order valence-corrected chi connectivity index (χ1v) is 8.79. The number of carbonyl (C=O) groups excluding carboxylic acids is 1. The Morgan fingerprint density at radius 2 is 2.00 bits per heavy atom. The van der Waals surface area contributed by atoms with E-state index in [4.69, 9.17) is 4.74 Å². The number of fused-ring (bicyclic) bond motifs is 1. The van der Waals surface area contributed by atoms with Gasteiger partial charge in [-0.25, -0.2) is 4.79 Å². The highest BCUT2D eigenvalue weighted by Crippen LogP contribution is 2.30. The summed E-state index contributed by atoms with van der Waals surface area (Å²) in [5, 5.41) is 13.7. The van der Waals surface area contributed by atoms with Crippen LogP contribution in [0.2, 0.25) is 0 Å². The maximum Gasteiger partial charge on any atom is 0.338 e. The van der Waals surface area contributed by atoms with Gasteiger partial charge in [0.05, 0.1) is 18.4 Å². The molecule has 0 atom stereocenters. The molecule has 0 amide bonds. The summed E-state index contributed by atoms with van der Waals surface area (Å²) < 4.78 is 5.12. The summed E-state index contributed by atoms with van der Waals surface area (Å²) in [4.78, 5) is 12.1. The Hall–Kier alpha value is -2.95. The van der Waals surface area contributed by atoms with Gasteiger partial charge in [0, 0.05) is 16.8 Å². The summed E-state index contributed by atoms with van der Waals surface area (Å²) in [6, 6.07) is 12.1. The zero-order chi connectivity index (χ0) is 18.7. The first-order chi connectivity index (χ1) is 12.5. The molecule has 1 heterocycles. The van der Waals surface area contributed by atoms with E-state index in [0.29, 0.717) is 12.2 Å². The average Bonchev–Trinajstić information content (AvgIpc) is 2.61. The number of carbonyl (C=O) groups is 1. The summed E-state index contributed by atoms with van der Waals surface area (Å²) in [6.07, 6.45) is 1.76. The second kappa shape index (κ2) is 7.52. The van der Waals surface area contributed by atoms with E-state index in [9.17, 15) is 4.79 Å². The lowest BCUT2D eigenvalue weighted by molar-refractivity contribution is 0.0526. The summed E-state index contributed by atoms with van der Waals surface area (Å²) in [5.74, 6) is 0.477. The van der Waals surface area contributed by atoms with Crippen LogP contribution in [0.25, 0.3) is 21.9 Å². The van der Waals surface area contributed by atoms with E-state index < -0.39 is 0 Å². The molecule has 0 radical (unpaired) electrons. The fourth-order valence-corrected chi connectivity index (χ4v) is 2.91. The molecular weight excluding hydrogens is 326 g/mol. The first-order valence-electron chi connectivity index (χ1n) is 8.79. The molecule has 0 unspecified atom stereocenters. The highest BCUT2D eigenvalue weighted by Gasteiger charge is 2.12. The molecule has 0 spiro atoms. The van der Waals surface area contributed by atoms with Crippen LogP contribution in [0.3, 0.4) is 0 Å². The third kappa shape index (κ3) is 3.67. The minimum Gasteiger partial charge on any atom is -0.462 e. The smallest absolute Gasteiger partial charge is 0.338 e. The molecule has 0 saturated carbocycles. The van der Waals surface area contributed by atoms with Crippen LogP contribution >= 0.6 is 0 Å². The van der Waals surface area contributed by atoms with Crippen molar-refractivity contribution in [1.29, 1.82) is 0 Å². The van der Waals surface area contributed by atoms with E-state index in [1.54, 1.807) is 19.2 Å². The molecule has 1 N–H and O–H groups in total. The van der Waals surface area contributed by atoms with Crippen molar-refractivity contribution in [2.45, 2.75) is 33.7 Å². The second-order valence-corrected chi connectivity index (χ2v) is 6.54. The molecule has 0 bridgehead atoms. The van der Waals surface area contributed by atoms with Crippen LogP contribution in [0.15, 0.2) is 42.6 Å². The minimum absolute atomic E-state index is 0.276. The van der Waals surface area contributed by atoms with Gasteiger partial charge < -0.3 is 10.1 Å². The van der Waals surface area contributed by atoms with Gasteiger partial charge in [0.2, 0.25) is 0 Å². The third-order valence-electron chi connectivity index (χ3n) is 4.15. The molecule has 26 heavy (non-hydrogen) atoms. The molecule has 3 rings (SSSR count). The quantitative estimate of drug-likeness (QED) is 0.682. The van der Waals surface area contributed by atoms with Gasteiger partial charge in [-0.05, 0) is 68.7 Å². The van der Waals surface area contributed by atoms with Crippen LogP contribution in [-0.2, 0) is 4.74 Å². The summed E-state index contributed by atoms with van der Waals surface area (Å²) in [7, 11) is 0. The van der Waals surface area contributed by atoms with Gasteiger partial charge in [-0.3, -0.25) is 0 Å². The van der Waals surface area contributed by atoms with Crippen molar-refractivity contribution in [3.05, 3.63) is 53.7 Å². The maximum absolute atomic E-state index is 12.1. The number of hydrogen-bond acceptors (Lipinski definition) is 5. The van der Waals surface area contributed by atoms with Crippen molar-refractivity contribution in [3.8, 4) is 11.1 Å². The second-order valence-electron chi connectivity index (χ2n) is 6.54. The van der Waals surface area contributed by atoms with Gasteiger partial charge in [0.1, 0.15) is 0 Å². The number of ether oxygens (including phenoxy) is 1. The maximum atomic E-state index is 12.1. The summed E-state index contributed by atoms with van der Waals surface area (Å²) >= 11 is 0. The van der Waals surface area contributed by atoms with Crippen molar-refractivity contribution in [3.63, 3.8) is 0 Å². The van der Waals surface area contributed by atoms with E-state index in [2.05, 4.69) is 35.4 Å². The Morgan fingerprint density at radius 1 is 1.19 bits per heavy atom. The number of anilines is 1. The van der Waals surface area contributed by atoms with Crippen LogP contribution < -0.4 is 5.32 Å². The molecule has 5 nitrogen and oxygen atoms in total. The predicted octanol–water partition coefficient (Wildman–Crippen LogP) is 4.60. The normalized spacial score (nSPS) is 11.0. The van der Waals surface area contributed by atoms with Crippen LogP contribution in [0.5, 0.6) is 0 Å². The van der Waals surface area contributed by atoms with E-state index in [-0.39, 0.29) is 12.0 Å². The number of nitrogens with zero attached hydrogens (tertiary/aromatic N) is 2. The molecule has 2 aromatic carbocycles. The zero-order valence-corrected chi connectivity index (χ0v) is 15.5. The lowest BCUT2D eigenvalue weighted by Gasteiger charge is -2.13. The summed E-state index contributed by atoms with van der Waals surface area (Å²) in [6.45, 7) is 8.34. The van der Waals surface area contributed by atoms with E-state index >= 15 is 0 Å². The minimum atomic E-state index is -0.302. The van der Waals surface area contributed by atoms with Crippen LogP contribution in [-0.4, -0.2) is 28.8 Å². The number of nitrogens with one attached hydrogen (secondary N) is 1. The Kier molecular flexibility index (Phi) is 5.16. The monoisotopic (exact) mass is 349 g/mol. The molecule has 5 heteroatoms. The van der Waals surface area contributed by atoms with Crippen LogP contribution in [0, 0.1) is 6.92 Å². The molecular formula is C21H23N3O2. The first kappa shape index (κ1) is 17.9. The lowest BCUT2D eigenvalue weighted by atomic mass is 9.96. The van der Waals surface area contributed by atoms with Gasteiger partial charge >= 0.3 is 5.97 Å². The molecule has 134 valence electrons. The molecule has 3 aromatic rings. The lowest BCUT2D eigenvalue weighted by Crippen LogP contribution is -2.11. The molecule has 0 fully saturated rings. The van der Waals surface area contributed by atoms with Crippen molar-refractivity contribution in [2.75, 3.05) is 11.9 Å². The van der Waals surface area contributed by atoms with Gasteiger partial charge in [0.25, 0.3) is 0 Å². The average molecular weight is 349 g/mol. The molecule has 0 aliphatic carbocycles. The number of hydrogen-bond donors (Lipinski definition) is 1. The molecule has 1 aromatic heterocycles. The Morgan fingerprint density at radius 3 is 2.73 bits per heavy atom. The fourth-order valence-electron chi connectivity index (χ4n) is 2.91. The number of esters is 1. The highest BCUT2D eigenvalue weighted by molar-refractivity contribution is 5.95. The number of benzene rings is 2. The SMILES string of the molecule is CCOC(=O)c1ccc(C)c(-c2ccc3c(NC(C)C)nncc3c2)c1. The van der Waals surface area contributed by atoms with Crippen LogP contribution in [0.4, 0.5) is 5.82 Å². The standard InChI is InChI=1S/C21H23N3O2/c1-5-26-21(25)16-7-6-14(4)19(11-16)15-8-9-18-17(10-15)12-22-24-20(18)23-13(2)3/h6-13H,5H2,1-4H3,(H,23,24). The van der Waals surface area contributed by atoms with E-state index in [1.807, 2.05) is 31.2 Å². The Balaban J connectivity index is 2.06. The highest BCUT2D eigenvalue weighted by atomic mass is 16.5. The Labute approximate surface area is 153 Å². The fraction of sp³-hybridized carbons (Fsp3) is 0.286. The van der Waals surface area contributed by atoms with Crippen molar-refractivity contribution in [2.24, 2.45) is 0 Å². The third-order valence-corrected chi connectivity index (χ3v) is 4.15. The number of aryl methyl sites for hydroxylation is 1. The van der Waals surface area contributed by atoms with Gasteiger partial charge in [-0.1, -0.05) is 12.1 Å². The molecule has 0 saturated heterocycles. The Bertz CT molecular complexity index is 951. The largest absolute Gasteiger partial charge is 0.462 e. The molecule has 0 aliphatic rings. The van der Waals surface area contributed by atoms with Crippen LogP contribution in [0.1, 0.15) is 36.7 Å². The zero-order valence-electron chi connectivity index (χ0n) is 15.5. The van der Waals surface area contributed by atoms with Gasteiger partial charge in [-0.15, -0.1) is 5.10 Å². The van der Waals surface area contributed by atoms with E-state index in [1.165, 1.54) is 0 Å². The van der Waals surface area contributed by atoms with Crippen molar-refractivity contribution < 1.29 is 9.53 Å². The summed E-state index contributed by atoms with van der Waals surface area (Å²) in [5.41, 5.74) is 3.69. The topological polar surface area (TPSA) is 64.1 Å². The number of aromatic nitrogens is 2. The number of rotatable bonds is 5. The van der Waals surface area contributed by atoms with E-state index in [0.717, 1.165) is 33.3 Å². The predicted molar refractivity (Wildman–Crippen MR) is 104 cm³/mol. The van der Waals surface area contributed by atoms with Gasteiger partial charge in [-0.2, -0.15) is 5.10 Å².